The summed E-state index contributed by atoms with van der Waals surface area (Å²) < 4.78 is 26.4. The number of rotatable bonds is 14. The molecule has 2 fully saturated rings. The minimum absolute atomic E-state index is 0.206. The number of aromatic nitrogens is 8. The van der Waals surface area contributed by atoms with Gasteiger partial charge < -0.3 is 60.2 Å². The predicted octanol–water partition coefficient (Wildman–Crippen LogP) is 6.55. The highest BCUT2D eigenvalue weighted by Gasteiger charge is 2.20. The first kappa shape index (κ1) is 46.4. The normalized spacial score (nSPS) is 14.1. The Labute approximate surface area is 404 Å². The third-order valence-electron chi connectivity index (χ3n) is 11.6. The summed E-state index contributed by atoms with van der Waals surface area (Å²) in [4.78, 5) is 39.2. The summed E-state index contributed by atoms with van der Waals surface area (Å²) in [5, 5.41) is 17.8. The minimum atomic E-state index is -0.312. The molecular formula is C49H54N16O5. The van der Waals surface area contributed by atoms with Gasteiger partial charge in [-0.2, -0.15) is 39.2 Å². The summed E-state index contributed by atoms with van der Waals surface area (Å²) in [6.45, 7) is 11.5. The SMILES string of the molecule is C=CC(=O)Nc1cccc(Oc2nc(Nc3ccc(N4CCN(C)CC4)cc3OC)nc3ccnn23)c1.COc1cc(N2CCN(C)CC2)ccc1Nc1nc(Oc2cccc(N)c2)n2nccc2n1. The van der Waals surface area contributed by atoms with Crippen LogP contribution in [0.15, 0.2) is 122 Å². The molecule has 2 aliphatic rings. The Bertz CT molecular complexity index is 3110. The number of amides is 1. The molecule has 2 aliphatic heterocycles. The van der Waals surface area contributed by atoms with Crippen LogP contribution in [0.1, 0.15) is 0 Å². The Kier molecular flexibility index (Phi) is 14.0. The van der Waals surface area contributed by atoms with Crippen molar-refractivity contribution >= 4 is 63.2 Å². The molecule has 8 aromatic rings. The van der Waals surface area contributed by atoms with E-state index in [1.54, 1.807) is 81.2 Å². The van der Waals surface area contributed by atoms with Gasteiger partial charge in [0.15, 0.2) is 11.3 Å². The zero-order chi connectivity index (χ0) is 48.6. The number of carbonyl (C=O) groups excluding carboxylic acids is 1. The molecule has 0 atom stereocenters. The molecule has 1 amide bonds. The van der Waals surface area contributed by atoms with Crippen LogP contribution in [-0.2, 0) is 4.79 Å². The molecule has 6 heterocycles. The van der Waals surface area contributed by atoms with Gasteiger partial charge in [-0.1, -0.05) is 18.7 Å². The van der Waals surface area contributed by atoms with Gasteiger partial charge in [-0.3, -0.25) is 4.79 Å². The quantitative estimate of drug-likeness (QED) is 0.0672. The number of nitrogens with zero attached hydrogens (tertiary/aromatic N) is 12. The highest BCUT2D eigenvalue weighted by molar-refractivity contribution is 5.99. The van der Waals surface area contributed by atoms with Crippen LogP contribution in [0.4, 0.5) is 46.0 Å². The Hall–Kier alpha value is -8.69. The van der Waals surface area contributed by atoms with Crippen LogP contribution in [0, 0.1) is 0 Å². The number of anilines is 8. The van der Waals surface area contributed by atoms with Gasteiger partial charge in [0.2, 0.25) is 17.8 Å². The molecule has 2 saturated heterocycles. The zero-order valence-corrected chi connectivity index (χ0v) is 39.3. The Morgan fingerprint density at radius 2 is 1.10 bits per heavy atom. The minimum Gasteiger partial charge on any atom is -0.494 e. The molecule has 360 valence electrons. The highest BCUT2D eigenvalue weighted by atomic mass is 16.5. The topological polar surface area (TPSA) is 215 Å². The van der Waals surface area contributed by atoms with Crippen molar-refractivity contribution in [1.82, 2.24) is 49.0 Å². The van der Waals surface area contributed by atoms with Gasteiger partial charge in [-0.05, 0) is 68.7 Å². The van der Waals surface area contributed by atoms with Crippen molar-refractivity contribution in [3.05, 3.63) is 122 Å². The van der Waals surface area contributed by atoms with Crippen LogP contribution in [-0.4, -0.2) is 136 Å². The van der Waals surface area contributed by atoms with E-state index in [-0.39, 0.29) is 17.9 Å². The number of nitrogens with one attached hydrogen (secondary N) is 3. The number of piperazine rings is 2. The van der Waals surface area contributed by atoms with E-state index in [2.05, 4.69) is 98.5 Å². The van der Waals surface area contributed by atoms with Crippen molar-refractivity contribution in [2.45, 2.75) is 0 Å². The lowest BCUT2D eigenvalue weighted by Gasteiger charge is -2.34. The number of carbonyl (C=O) groups is 1. The molecule has 70 heavy (non-hydrogen) atoms. The van der Waals surface area contributed by atoms with Gasteiger partial charge in [-0.25, -0.2) is 0 Å². The first-order chi connectivity index (χ1) is 34.1. The van der Waals surface area contributed by atoms with Crippen LogP contribution >= 0.6 is 0 Å². The lowest BCUT2D eigenvalue weighted by Crippen LogP contribution is -2.44. The molecule has 0 unspecified atom stereocenters. The largest absolute Gasteiger partial charge is 0.494 e. The number of hydrogen-bond acceptors (Lipinski definition) is 18. The summed E-state index contributed by atoms with van der Waals surface area (Å²) in [6, 6.07) is 30.3. The van der Waals surface area contributed by atoms with Crippen molar-refractivity contribution in [3.8, 4) is 35.0 Å². The van der Waals surface area contributed by atoms with E-state index in [1.165, 1.54) is 15.1 Å². The number of fused-ring (bicyclic) bond motifs is 2. The monoisotopic (exact) mass is 946 g/mol. The van der Waals surface area contributed by atoms with E-state index in [4.69, 9.17) is 24.7 Å². The second-order valence-corrected chi connectivity index (χ2v) is 16.5. The maximum atomic E-state index is 11.7. The third kappa shape index (κ3) is 11.0. The van der Waals surface area contributed by atoms with E-state index in [1.807, 2.05) is 30.3 Å². The summed E-state index contributed by atoms with van der Waals surface area (Å²) in [5.74, 6) is 2.80. The molecule has 0 saturated carbocycles. The lowest BCUT2D eigenvalue weighted by molar-refractivity contribution is -0.111. The summed E-state index contributed by atoms with van der Waals surface area (Å²) in [6.07, 6.45) is 4.47. The van der Waals surface area contributed by atoms with Crippen molar-refractivity contribution in [3.63, 3.8) is 0 Å². The molecule has 0 spiro atoms. The standard InChI is InChI=1S/C26H28N8O3.C23H26N8O2/c1-4-24(35)28-18-6-5-7-20(16-18)37-26-31-25(30-23-10-11-27-34(23)26)29-21-9-8-19(17-22(21)36-3)33-14-12-32(2)13-15-33;1-29-10-12-30(13-11-29)17-6-7-19(20(15-17)32-2)26-22-27-21-8-9-25-31(21)23(28-22)33-18-5-3-4-16(24)14-18/h4-11,16-17H,1,12-15H2,2-3H3,(H,28,35)(H,29,30);3-9,14-15H,10-13,24H2,1-2H3,(H,26,27). The fourth-order valence-electron chi connectivity index (χ4n) is 7.79. The number of ether oxygens (including phenoxy) is 4. The van der Waals surface area contributed by atoms with E-state index < -0.39 is 0 Å². The van der Waals surface area contributed by atoms with Gasteiger partial charge in [0.25, 0.3) is 0 Å². The number of nitrogens with two attached hydrogens (primary N) is 1. The predicted molar refractivity (Wildman–Crippen MR) is 270 cm³/mol. The van der Waals surface area contributed by atoms with Crippen LogP contribution < -0.4 is 50.4 Å². The number of nitrogen functional groups attached to an aromatic ring is 1. The fourth-order valence-corrected chi connectivity index (χ4v) is 7.79. The van der Waals surface area contributed by atoms with E-state index in [0.717, 1.165) is 75.1 Å². The summed E-state index contributed by atoms with van der Waals surface area (Å²) >= 11 is 0. The fraction of sp³-hybridized carbons (Fsp3) is 0.245. The van der Waals surface area contributed by atoms with Crippen LogP contribution in [0.2, 0.25) is 0 Å². The van der Waals surface area contributed by atoms with Gasteiger partial charge in [0.1, 0.15) is 23.0 Å². The first-order valence-corrected chi connectivity index (χ1v) is 22.6. The van der Waals surface area contributed by atoms with Crippen LogP contribution in [0.25, 0.3) is 11.3 Å². The molecule has 21 nitrogen and oxygen atoms in total. The summed E-state index contributed by atoms with van der Waals surface area (Å²) in [7, 11) is 7.58. The highest BCUT2D eigenvalue weighted by Crippen LogP contribution is 2.35. The maximum absolute atomic E-state index is 11.7. The molecule has 4 aromatic carbocycles. The van der Waals surface area contributed by atoms with Crippen LogP contribution in [0.5, 0.6) is 35.0 Å². The van der Waals surface area contributed by atoms with Gasteiger partial charge in [0, 0.05) is 112 Å². The number of benzene rings is 4. The average Bonchev–Trinajstić information content (AvgIpc) is 4.06. The number of likely N-dealkylation sites (N-methyl/N-ethyl adjacent to an activating group) is 2. The molecule has 0 bridgehead atoms. The Morgan fingerprint density at radius 3 is 1.57 bits per heavy atom. The second-order valence-electron chi connectivity index (χ2n) is 16.5. The molecule has 5 N–H and O–H groups in total. The Balaban J connectivity index is 0.000000175. The molecule has 0 aliphatic carbocycles. The van der Waals surface area contributed by atoms with Crippen molar-refractivity contribution < 1.29 is 23.7 Å². The van der Waals surface area contributed by atoms with E-state index in [0.29, 0.717) is 57.6 Å². The molecular weight excluding hydrogens is 893 g/mol. The number of hydrogen-bond donors (Lipinski definition) is 4. The second kappa shape index (κ2) is 21.1. The molecule has 21 heteroatoms. The van der Waals surface area contributed by atoms with Crippen molar-refractivity contribution in [2.24, 2.45) is 0 Å². The van der Waals surface area contributed by atoms with E-state index in [9.17, 15) is 4.79 Å². The summed E-state index contributed by atoms with van der Waals surface area (Å²) in [5.41, 5.74) is 11.9. The molecule has 0 radical (unpaired) electrons. The van der Waals surface area contributed by atoms with Crippen molar-refractivity contribution in [1.29, 1.82) is 0 Å². The van der Waals surface area contributed by atoms with E-state index >= 15 is 0 Å². The van der Waals surface area contributed by atoms with Gasteiger partial charge in [-0.15, -0.1) is 0 Å². The van der Waals surface area contributed by atoms with Gasteiger partial charge >= 0.3 is 12.0 Å². The van der Waals surface area contributed by atoms with Gasteiger partial charge in [0.05, 0.1) is 38.0 Å². The Morgan fingerprint density at radius 1 is 0.614 bits per heavy atom. The zero-order valence-electron chi connectivity index (χ0n) is 39.3. The third-order valence-corrected chi connectivity index (χ3v) is 11.6. The smallest absolute Gasteiger partial charge is 0.328 e. The van der Waals surface area contributed by atoms with Crippen molar-refractivity contribution in [2.75, 3.05) is 112 Å². The molecule has 4 aromatic heterocycles. The molecule has 10 rings (SSSR count). The first-order valence-electron chi connectivity index (χ1n) is 22.6. The number of methoxy groups -OCH3 is 2. The lowest BCUT2D eigenvalue weighted by atomic mass is 10.2. The maximum Gasteiger partial charge on any atom is 0.328 e. The van der Waals surface area contributed by atoms with Crippen LogP contribution in [0.3, 0.4) is 0 Å². The average molecular weight is 947 g/mol.